The molecule has 0 saturated heterocycles. The van der Waals surface area contributed by atoms with Crippen LogP contribution >= 0.6 is 0 Å². The molecule has 3 nitrogen and oxygen atoms in total. The van der Waals surface area contributed by atoms with E-state index in [2.05, 4.69) is 0 Å². The smallest absolute Gasteiger partial charge is 0.157 e. The Morgan fingerprint density at radius 3 is 2.91 bits per heavy atom. The maximum absolute atomic E-state index is 11.2. The first-order valence-electron chi connectivity index (χ1n) is 3.62. The largest absolute Gasteiger partial charge is 0.627 e. The standard InChI is InChI=1S/C8H10N2O/c1-9-6-10(11)8-5-3-2-4-7(8)9/h2-5,10H,6H2,1H3. The van der Waals surface area contributed by atoms with E-state index in [0.29, 0.717) is 6.67 Å². The second-order valence-electron chi connectivity index (χ2n) is 2.80. The van der Waals surface area contributed by atoms with Crippen LogP contribution in [0.2, 0.25) is 0 Å². The summed E-state index contributed by atoms with van der Waals surface area (Å²) in [5.41, 5.74) is 1.91. The summed E-state index contributed by atoms with van der Waals surface area (Å²) in [4.78, 5) is 1.97. The van der Waals surface area contributed by atoms with E-state index in [-0.39, 0.29) is 5.06 Å². The molecule has 1 aliphatic rings. The van der Waals surface area contributed by atoms with E-state index in [1.807, 2.05) is 36.2 Å². The van der Waals surface area contributed by atoms with E-state index < -0.39 is 0 Å². The Kier molecular flexibility index (Phi) is 1.34. The average molecular weight is 150 g/mol. The number of quaternary nitrogens is 1. The third-order valence-electron chi connectivity index (χ3n) is 2.00. The van der Waals surface area contributed by atoms with Gasteiger partial charge in [-0.1, -0.05) is 12.1 Å². The SMILES string of the molecule is CN1C[NH+]([O-])c2ccccc21. The zero-order valence-corrected chi connectivity index (χ0v) is 6.37. The highest BCUT2D eigenvalue weighted by atomic mass is 16.5. The fraction of sp³-hybridized carbons (Fsp3) is 0.250. The highest BCUT2D eigenvalue weighted by molar-refractivity contribution is 5.64. The Bertz CT molecular complexity index is 248. The molecule has 0 bridgehead atoms. The van der Waals surface area contributed by atoms with Gasteiger partial charge in [0.25, 0.3) is 0 Å². The zero-order chi connectivity index (χ0) is 7.84. The molecule has 3 heteroatoms. The van der Waals surface area contributed by atoms with Gasteiger partial charge in [-0.2, -0.15) is 0 Å². The predicted molar refractivity (Wildman–Crippen MR) is 43.7 cm³/mol. The lowest BCUT2D eigenvalue weighted by molar-refractivity contribution is -0.768. The molecular weight excluding hydrogens is 140 g/mol. The van der Waals surface area contributed by atoms with Crippen molar-refractivity contribution in [3.63, 3.8) is 0 Å². The highest BCUT2D eigenvalue weighted by Crippen LogP contribution is 2.23. The van der Waals surface area contributed by atoms with Crippen molar-refractivity contribution in [2.75, 3.05) is 18.6 Å². The molecule has 0 fully saturated rings. The van der Waals surface area contributed by atoms with Crippen molar-refractivity contribution in [3.8, 4) is 0 Å². The number of hydrogen-bond donors (Lipinski definition) is 1. The van der Waals surface area contributed by atoms with Crippen molar-refractivity contribution in [2.45, 2.75) is 0 Å². The van der Waals surface area contributed by atoms with Gasteiger partial charge in [-0.25, -0.2) is 0 Å². The summed E-state index contributed by atoms with van der Waals surface area (Å²) in [6, 6.07) is 7.70. The van der Waals surface area contributed by atoms with E-state index in [9.17, 15) is 5.21 Å². The number of rotatable bonds is 0. The van der Waals surface area contributed by atoms with Crippen LogP contribution in [-0.4, -0.2) is 13.7 Å². The topological polar surface area (TPSA) is 30.7 Å². The summed E-state index contributed by atoms with van der Waals surface area (Å²) in [6.45, 7) is 0.527. The zero-order valence-electron chi connectivity index (χ0n) is 6.37. The quantitative estimate of drug-likeness (QED) is 0.532. The van der Waals surface area contributed by atoms with E-state index in [4.69, 9.17) is 0 Å². The molecule has 1 aromatic carbocycles. The first-order chi connectivity index (χ1) is 5.29. The third-order valence-corrected chi connectivity index (χ3v) is 2.00. The number of hydroxylamine groups is 1. The molecule has 1 heterocycles. The van der Waals surface area contributed by atoms with E-state index in [1.165, 1.54) is 0 Å². The fourth-order valence-corrected chi connectivity index (χ4v) is 1.43. The number of hydrogen-bond acceptors (Lipinski definition) is 2. The first-order valence-corrected chi connectivity index (χ1v) is 3.62. The summed E-state index contributed by atoms with van der Waals surface area (Å²) in [5.74, 6) is 0. The van der Waals surface area contributed by atoms with Crippen LogP contribution in [0.15, 0.2) is 24.3 Å². The van der Waals surface area contributed by atoms with Crippen LogP contribution in [-0.2, 0) is 0 Å². The Morgan fingerprint density at radius 1 is 1.45 bits per heavy atom. The van der Waals surface area contributed by atoms with Gasteiger partial charge >= 0.3 is 0 Å². The van der Waals surface area contributed by atoms with Gasteiger partial charge in [0.05, 0.1) is 0 Å². The molecule has 0 aromatic heterocycles. The fourth-order valence-electron chi connectivity index (χ4n) is 1.43. The molecule has 11 heavy (non-hydrogen) atoms. The molecule has 0 radical (unpaired) electrons. The number of nitrogens with one attached hydrogen (secondary N) is 1. The molecule has 58 valence electrons. The summed E-state index contributed by atoms with van der Waals surface area (Å²) in [5, 5.41) is 11.5. The Morgan fingerprint density at radius 2 is 2.18 bits per heavy atom. The van der Waals surface area contributed by atoms with Gasteiger partial charge in [0.15, 0.2) is 12.4 Å². The molecule has 1 N–H and O–H groups in total. The van der Waals surface area contributed by atoms with Crippen molar-refractivity contribution < 1.29 is 5.06 Å². The molecule has 0 spiro atoms. The maximum Gasteiger partial charge on any atom is 0.157 e. The van der Waals surface area contributed by atoms with Gasteiger partial charge in [0, 0.05) is 13.1 Å². The van der Waals surface area contributed by atoms with Crippen LogP contribution in [0.4, 0.5) is 11.4 Å². The normalized spacial score (nSPS) is 22.0. The molecule has 1 aliphatic heterocycles. The van der Waals surface area contributed by atoms with Crippen molar-refractivity contribution in [2.24, 2.45) is 0 Å². The maximum atomic E-state index is 11.2. The number of benzene rings is 1. The molecule has 0 saturated carbocycles. The van der Waals surface area contributed by atoms with Gasteiger partial charge in [-0.05, 0) is 6.07 Å². The van der Waals surface area contributed by atoms with Crippen molar-refractivity contribution in [1.29, 1.82) is 0 Å². The van der Waals surface area contributed by atoms with Crippen LogP contribution in [0.5, 0.6) is 0 Å². The molecule has 0 aliphatic carbocycles. The highest BCUT2D eigenvalue weighted by Gasteiger charge is 2.21. The molecule has 1 atom stereocenters. The molecular formula is C8H10N2O. The van der Waals surface area contributed by atoms with Gasteiger partial charge < -0.3 is 15.2 Å². The second kappa shape index (κ2) is 2.22. The first kappa shape index (κ1) is 6.64. The van der Waals surface area contributed by atoms with Crippen LogP contribution in [0.1, 0.15) is 0 Å². The van der Waals surface area contributed by atoms with Crippen molar-refractivity contribution in [3.05, 3.63) is 29.5 Å². The van der Waals surface area contributed by atoms with E-state index in [1.54, 1.807) is 0 Å². The van der Waals surface area contributed by atoms with Crippen LogP contribution in [0.3, 0.4) is 0 Å². The lowest BCUT2D eigenvalue weighted by Crippen LogP contribution is -3.01. The van der Waals surface area contributed by atoms with E-state index in [0.717, 1.165) is 11.4 Å². The van der Waals surface area contributed by atoms with Gasteiger partial charge in [0.1, 0.15) is 5.69 Å². The number of nitrogens with zero attached hydrogens (tertiary/aromatic N) is 1. The number of anilines is 1. The van der Waals surface area contributed by atoms with Crippen LogP contribution in [0, 0.1) is 5.21 Å². The third kappa shape index (κ3) is 0.895. The Balaban J connectivity index is 2.52. The van der Waals surface area contributed by atoms with Crippen LogP contribution < -0.4 is 9.96 Å². The lowest BCUT2D eigenvalue weighted by Gasteiger charge is -2.14. The Hall–Kier alpha value is -1.06. The minimum absolute atomic E-state index is 0.225. The predicted octanol–water partition coefficient (Wildman–Crippen LogP) is 0.108. The molecule has 1 aromatic rings. The van der Waals surface area contributed by atoms with Gasteiger partial charge in [-0.3, -0.25) is 0 Å². The van der Waals surface area contributed by atoms with Gasteiger partial charge in [0.2, 0.25) is 0 Å². The minimum Gasteiger partial charge on any atom is -0.627 e. The van der Waals surface area contributed by atoms with Crippen molar-refractivity contribution in [1.82, 2.24) is 0 Å². The summed E-state index contributed by atoms with van der Waals surface area (Å²) >= 11 is 0. The monoisotopic (exact) mass is 150 g/mol. The summed E-state index contributed by atoms with van der Waals surface area (Å²) < 4.78 is 0. The summed E-state index contributed by atoms with van der Waals surface area (Å²) in [7, 11) is 1.93. The lowest BCUT2D eigenvalue weighted by atomic mass is 10.3. The summed E-state index contributed by atoms with van der Waals surface area (Å²) in [6.07, 6.45) is 0. The Labute approximate surface area is 65.4 Å². The minimum atomic E-state index is 0.225. The van der Waals surface area contributed by atoms with Gasteiger partial charge in [-0.15, -0.1) is 0 Å². The second-order valence-corrected chi connectivity index (χ2v) is 2.80. The average Bonchev–Trinajstić information content (AvgIpc) is 2.30. The van der Waals surface area contributed by atoms with E-state index >= 15 is 0 Å². The molecule has 0 amide bonds. The van der Waals surface area contributed by atoms with Crippen LogP contribution in [0.25, 0.3) is 0 Å². The molecule has 1 unspecified atom stereocenters. The number of para-hydroxylation sites is 2. The number of fused-ring (bicyclic) bond motifs is 1. The van der Waals surface area contributed by atoms with Crippen molar-refractivity contribution >= 4 is 11.4 Å². The molecule has 2 rings (SSSR count).